The van der Waals surface area contributed by atoms with E-state index in [1.165, 1.54) is 11.4 Å². The number of benzene rings is 2. The van der Waals surface area contributed by atoms with Crippen molar-refractivity contribution in [1.29, 1.82) is 0 Å². The molecule has 0 heterocycles. The maximum atomic E-state index is 12.8. The molecule has 0 aromatic heterocycles. The van der Waals surface area contributed by atoms with Gasteiger partial charge in [-0.05, 0) is 56.5 Å². The monoisotopic (exact) mass is 374 g/mol. The van der Waals surface area contributed by atoms with Crippen LogP contribution >= 0.6 is 0 Å². The Morgan fingerprint density at radius 1 is 1.12 bits per heavy atom. The molecule has 0 fully saturated rings. The van der Waals surface area contributed by atoms with Gasteiger partial charge in [-0.2, -0.15) is 0 Å². The first-order valence-corrected chi connectivity index (χ1v) is 10.3. The molecule has 1 unspecified atom stereocenters. The van der Waals surface area contributed by atoms with E-state index >= 15 is 0 Å². The molecule has 0 radical (unpaired) electrons. The number of carbonyl (C=O) groups is 1. The van der Waals surface area contributed by atoms with Gasteiger partial charge in [-0.1, -0.05) is 29.8 Å². The van der Waals surface area contributed by atoms with Crippen LogP contribution in [0.15, 0.2) is 36.4 Å². The highest BCUT2D eigenvalue weighted by Gasteiger charge is 2.20. The molecule has 0 saturated heterocycles. The molecule has 1 amide bonds. The lowest BCUT2D eigenvalue weighted by Crippen LogP contribution is -2.29. The number of rotatable bonds is 5. The van der Waals surface area contributed by atoms with E-state index in [-0.39, 0.29) is 11.9 Å². The van der Waals surface area contributed by atoms with E-state index in [1.807, 2.05) is 32.9 Å². The quantitative estimate of drug-likeness (QED) is 0.871. The van der Waals surface area contributed by atoms with Crippen LogP contribution in [0, 0.1) is 20.8 Å². The second-order valence-corrected chi connectivity index (χ2v) is 8.75. The highest BCUT2D eigenvalue weighted by molar-refractivity contribution is 7.92. The van der Waals surface area contributed by atoms with E-state index in [0.717, 1.165) is 22.9 Å². The van der Waals surface area contributed by atoms with Crippen LogP contribution in [0.5, 0.6) is 0 Å². The highest BCUT2D eigenvalue weighted by Crippen LogP contribution is 2.25. The van der Waals surface area contributed by atoms with Gasteiger partial charge in [0.05, 0.1) is 18.0 Å². The van der Waals surface area contributed by atoms with Crippen molar-refractivity contribution in [3.8, 4) is 0 Å². The Kier molecular flexibility index (Phi) is 5.76. The van der Waals surface area contributed by atoms with Gasteiger partial charge < -0.3 is 5.32 Å². The lowest BCUT2D eigenvalue weighted by Gasteiger charge is -2.22. The van der Waals surface area contributed by atoms with Gasteiger partial charge in [0.1, 0.15) is 0 Å². The third-order valence-electron chi connectivity index (χ3n) is 4.64. The SMILES string of the molecule is Cc1ccc(C)c(C(C)NC(=O)c2cccc(N(C)S(C)(=O)=O)c2C)c1. The molecular formula is C20H26N2O3S. The van der Waals surface area contributed by atoms with Crippen LogP contribution < -0.4 is 9.62 Å². The van der Waals surface area contributed by atoms with Crippen molar-refractivity contribution in [3.05, 3.63) is 64.2 Å². The third-order valence-corrected chi connectivity index (χ3v) is 5.83. The first kappa shape index (κ1) is 20.0. The van der Waals surface area contributed by atoms with Crippen LogP contribution in [-0.2, 0) is 10.0 Å². The second-order valence-electron chi connectivity index (χ2n) is 6.74. The molecule has 0 aliphatic rings. The van der Waals surface area contributed by atoms with Crippen LogP contribution in [0.3, 0.4) is 0 Å². The van der Waals surface area contributed by atoms with E-state index in [0.29, 0.717) is 16.8 Å². The molecule has 6 heteroatoms. The molecule has 26 heavy (non-hydrogen) atoms. The van der Waals surface area contributed by atoms with E-state index < -0.39 is 10.0 Å². The van der Waals surface area contributed by atoms with Crippen LogP contribution in [0.2, 0.25) is 0 Å². The van der Waals surface area contributed by atoms with Crippen molar-refractivity contribution < 1.29 is 13.2 Å². The van der Waals surface area contributed by atoms with E-state index in [4.69, 9.17) is 0 Å². The Morgan fingerprint density at radius 3 is 2.38 bits per heavy atom. The molecule has 5 nitrogen and oxygen atoms in total. The van der Waals surface area contributed by atoms with Crippen molar-refractivity contribution in [2.45, 2.75) is 33.7 Å². The number of nitrogens with zero attached hydrogens (tertiary/aromatic N) is 1. The minimum Gasteiger partial charge on any atom is -0.345 e. The fourth-order valence-corrected chi connectivity index (χ4v) is 3.52. The van der Waals surface area contributed by atoms with E-state index in [1.54, 1.807) is 25.1 Å². The molecule has 0 aliphatic carbocycles. The molecule has 2 rings (SSSR count). The first-order chi connectivity index (χ1) is 12.0. The number of nitrogens with one attached hydrogen (secondary N) is 1. The maximum Gasteiger partial charge on any atom is 0.252 e. The number of hydrogen-bond donors (Lipinski definition) is 1. The number of hydrogen-bond acceptors (Lipinski definition) is 3. The predicted molar refractivity (Wildman–Crippen MR) is 106 cm³/mol. The zero-order valence-corrected chi connectivity index (χ0v) is 16.9. The van der Waals surface area contributed by atoms with Crippen LogP contribution in [0.1, 0.15) is 45.6 Å². The van der Waals surface area contributed by atoms with Crippen LogP contribution in [-0.4, -0.2) is 27.6 Å². The Balaban J connectivity index is 2.32. The third kappa shape index (κ3) is 4.25. The largest absolute Gasteiger partial charge is 0.345 e. The summed E-state index contributed by atoms with van der Waals surface area (Å²) in [4.78, 5) is 12.8. The summed E-state index contributed by atoms with van der Waals surface area (Å²) in [5, 5.41) is 3.02. The second kappa shape index (κ2) is 7.50. The van der Waals surface area contributed by atoms with Gasteiger partial charge >= 0.3 is 0 Å². The van der Waals surface area contributed by atoms with Gasteiger partial charge in [-0.25, -0.2) is 8.42 Å². The summed E-state index contributed by atoms with van der Waals surface area (Å²) in [7, 11) is -1.91. The molecule has 0 bridgehead atoms. The van der Waals surface area contributed by atoms with Gasteiger partial charge in [0.15, 0.2) is 0 Å². The Labute approximate surface area is 156 Å². The number of sulfonamides is 1. The molecule has 2 aromatic rings. The molecule has 0 spiro atoms. The lowest BCUT2D eigenvalue weighted by atomic mass is 9.99. The Morgan fingerprint density at radius 2 is 1.77 bits per heavy atom. The molecule has 2 aromatic carbocycles. The summed E-state index contributed by atoms with van der Waals surface area (Å²) < 4.78 is 24.8. The minimum atomic E-state index is -3.40. The average molecular weight is 375 g/mol. The van der Waals surface area contributed by atoms with Crippen molar-refractivity contribution in [1.82, 2.24) is 5.32 Å². The summed E-state index contributed by atoms with van der Waals surface area (Å²) in [6.07, 6.45) is 1.14. The summed E-state index contributed by atoms with van der Waals surface area (Å²) >= 11 is 0. The summed E-state index contributed by atoms with van der Waals surface area (Å²) in [5.74, 6) is -0.223. The molecule has 140 valence electrons. The van der Waals surface area contributed by atoms with Crippen molar-refractivity contribution in [3.63, 3.8) is 0 Å². The normalized spacial score (nSPS) is 12.5. The highest BCUT2D eigenvalue weighted by atomic mass is 32.2. The molecule has 0 saturated carbocycles. The minimum absolute atomic E-state index is 0.155. The zero-order valence-electron chi connectivity index (χ0n) is 16.1. The van der Waals surface area contributed by atoms with Crippen molar-refractivity contribution in [2.75, 3.05) is 17.6 Å². The number of aryl methyl sites for hydroxylation is 2. The topological polar surface area (TPSA) is 66.5 Å². The smallest absolute Gasteiger partial charge is 0.252 e. The van der Waals surface area contributed by atoms with Crippen LogP contribution in [0.4, 0.5) is 5.69 Å². The molecule has 1 atom stereocenters. The van der Waals surface area contributed by atoms with Crippen LogP contribution in [0.25, 0.3) is 0 Å². The molecule has 0 aliphatic heterocycles. The van der Waals surface area contributed by atoms with Gasteiger partial charge in [0, 0.05) is 12.6 Å². The predicted octanol–water partition coefficient (Wildman–Crippen LogP) is 3.50. The van der Waals surface area contributed by atoms with Gasteiger partial charge in [0.25, 0.3) is 5.91 Å². The molecular weight excluding hydrogens is 348 g/mol. The van der Waals surface area contributed by atoms with E-state index in [9.17, 15) is 13.2 Å². The summed E-state index contributed by atoms with van der Waals surface area (Å²) in [6.45, 7) is 7.74. The maximum absolute atomic E-state index is 12.8. The van der Waals surface area contributed by atoms with Gasteiger partial charge in [-0.3, -0.25) is 9.10 Å². The van der Waals surface area contributed by atoms with Gasteiger partial charge in [-0.15, -0.1) is 0 Å². The average Bonchev–Trinajstić information content (AvgIpc) is 2.55. The fraction of sp³-hybridized carbons (Fsp3) is 0.350. The molecule has 1 N–H and O–H groups in total. The summed E-state index contributed by atoms with van der Waals surface area (Å²) in [6, 6.07) is 11.1. The van der Waals surface area contributed by atoms with E-state index in [2.05, 4.69) is 11.4 Å². The Bertz CT molecular complexity index is 936. The summed E-state index contributed by atoms with van der Waals surface area (Å²) in [5.41, 5.74) is 4.92. The first-order valence-electron chi connectivity index (χ1n) is 8.44. The van der Waals surface area contributed by atoms with Crippen molar-refractivity contribution in [2.24, 2.45) is 0 Å². The van der Waals surface area contributed by atoms with Crippen molar-refractivity contribution >= 4 is 21.6 Å². The number of anilines is 1. The fourth-order valence-electron chi connectivity index (χ4n) is 2.97. The number of amides is 1. The lowest BCUT2D eigenvalue weighted by molar-refractivity contribution is 0.0939. The Hall–Kier alpha value is -2.34. The van der Waals surface area contributed by atoms with Gasteiger partial charge in [0.2, 0.25) is 10.0 Å². The standard InChI is InChI=1S/C20H26N2O3S/c1-13-10-11-14(2)18(12-13)16(4)21-20(23)17-8-7-9-19(15(17)3)22(5)26(6,24)25/h7-12,16H,1-6H3,(H,21,23). The zero-order chi connectivity index (χ0) is 19.6. The number of carbonyl (C=O) groups excluding carboxylic acids is 1.